The number of nitrogens with one attached hydrogen (secondary N) is 1. The smallest absolute Gasteiger partial charge is 0.244 e. The van der Waals surface area contributed by atoms with Crippen molar-refractivity contribution in [2.24, 2.45) is 5.10 Å². The first-order chi connectivity index (χ1) is 16.9. The molecule has 11 heteroatoms. The van der Waals surface area contributed by atoms with Crippen LogP contribution in [0.25, 0.3) is 16.3 Å². The molecule has 0 fully saturated rings. The van der Waals surface area contributed by atoms with E-state index in [1.54, 1.807) is 13.2 Å². The van der Waals surface area contributed by atoms with Crippen LogP contribution in [-0.4, -0.2) is 62.1 Å². The van der Waals surface area contributed by atoms with E-state index in [0.717, 1.165) is 54.0 Å². The minimum Gasteiger partial charge on any atom is -0.467 e. The normalized spacial score (nSPS) is 16.4. The van der Waals surface area contributed by atoms with Crippen LogP contribution in [0.1, 0.15) is 36.8 Å². The molecule has 0 aliphatic heterocycles. The second kappa shape index (κ2) is 10.8. The predicted molar refractivity (Wildman–Crippen MR) is 131 cm³/mol. The third-order valence-corrected chi connectivity index (χ3v) is 6.22. The van der Waals surface area contributed by atoms with Crippen molar-refractivity contribution in [1.82, 2.24) is 4.83 Å². The van der Waals surface area contributed by atoms with Gasteiger partial charge >= 0.3 is 0 Å². The average Bonchev–Trinajstić information content (AvgIpc) is 3.17. The molecular weight excluding hydrogens is 476 g/mol. The van der Waals surface area contributed by atoms with Gasteiger partial charge in [0, 0.05) is 32.3 Å². The standard InChI is InChI=1S/C24H30N2O8S/c1-29-12-32-18-11-7-10-17-19(18)24(34-14-31-3)21-20(23(17)33-13-30-2)15-8-5-6-9-16(15)22(21)25-26-35(4,27)28/h7,10-11,26H,5-6,8-9,12-14H2,1-4H3. The molecule has 35 heavy (non-hydrogen) atoms. The molecule has 190 valence electrons. The van der Waals surface area contributed by atoms with E-state index in [9.17, 15) is 8.42 Å². The van der Waals surface area contributed by atoms with Crippen LogP contribution in [-0.2, 0) is 24.2 Å². The quantitative estimate of drug-likeness (QED) is 0.365. The van der Waals surface area contributed by atoms with Crippen LogP contribution in [0.2, 0.25) is 0 Å². The van der Waals surface area contributed by atoms with Crippen molar-refractivity contribution in [3.05, 3.63) is 34.9 Å². The molecule has 0 saturated carbocycles. The third-order valence-electron chi connectivity index (χ3n) is 5.79. The Labute approximate surface area is 204 Å². The minimum absolute atomic E-state index is 0.0273. The van der Waals surface area contributed by atoms with Gasteiger partial charge in [0.2, 0.25) is 10.0 Å². The summed E-state index contributed by atoms with van der Waals surface area (Å²) in [5.74, 6) is 1.58. The second-order valence-electron chi connectivity index (χ2n) is 8.23. The molecule has 0 radical (unpaired) electrons. The third kappa shape index (κ3) is 5.08. The maximum atomic E-state index is 11.9. The van der Waals surface area contributed by atoms with Gasteiger partial charge in [0.05, 0.1) is 22.9 Å². The van der Waals surface area contributed by atoms with Crippen LogP contribution >= 0.6 is 0 Å². The van der Waals surface area contributed by atoms with E-state index >= 15 is 0 Å². The van der Waals surface area contributed by atoms with Gasteiger partial charge in [0.1, 0.15) is 17.2 Å². The molecule has 4 rings (SSSR count). The van der Waals surface area contributed by atoms with Gasteiger partial charge in [-0.3, -0.25) is 0 Å². The SMILES string of the molecule is COCOc1c2c(c(OCOC)c3c(OCOC)cccc13)C(=NNS(C)(=O)=O)C1=C2CCCC1. The molecule has 2 aromatic rings. The fourth-order valence-corrected chi connectivity index (χ4v) is 4.83. The summed E-state index contributed by atoms with van der Waals surface area (Å²) >= 11 is 0. The summed E-state index contributed by atoms with van der Waals surface area (Å²) < 4.78 is 57.7. The number of hydrazone groups is 1. The minimum atomic E-state index is -3.59. The van der Waals surface area contributed by atoms with Gasteiger partial charge in [-0.25, -0.2) is 13.2 Å². The Balaban J connectivity index is 2.10. The van der Waals surface area contributed by atoms with Crippen LogP contribution in [0.4, 0.5) is 0 Å². The molecule has 2 aliphatic rings. The Hall–Kier alpha value is -2.86. The molecule has 10 nitrogen and oxygen atoms in total. The Morgan fingerprint density at radius 3 is 2.14 bits per heavy atom. The molecular formula is C24H30N2O8S. The summed E-state index contributed by atoms with van der Waals surface area (Å²) in [6, 6.07) is 5.60. The summed E-state index contributed by atoms with van der Waals surface area (Å²) in [5, 5.41) is 5.75. The van der Waals surface area contributed by atoms with Gasteiger partial charge < -0.3 is 28.4 Å². The first-order valence-electron chi connectivity index (χ1n) is 11.2. The summed E-state index contributed by atoms with van der Waals surface area (Å²) in [4.78, 5) is 2.30. The van der Waals surface area contributed by atoms with Crippen molar-refractivity contribution in [3.63, 3.8) is 0 Å². The molecule has 0 bridgehead atoms. The number of benzene rings is 2. The zero-order valence-corrected chi connectivity index (χ0v) is 21.1. The van der Waals surface area contributed by atoms with Crippen molar-refractivity contribution < 1.29 is 36.8 Å². The van der Waals surface area contributed by atoms with Crippen molar-refractivity contribution in [2.45, 2.75) is 25.7 Å². The van der Waals surface area contributed by atoms with E-state index in [4.69, 9.17) is 28.4 Å². The fraction of sp³-hybridized carbons (Fsp3) is 0.458. The summed E-state index contributed by atoms with van der Waals surface area (Å²) in [7, 11) is 1.04. The molecule has 0 amide bonds. The van der Waals surface area contributed by atoms with E-state index in [1.807, 2.05) is 12.1 Å². The molecule has 2 aliphatic carbocycles. The second-order valence-corrected chi connectivity index (χ2v) is 9.95. The molecule has 0 aromatic heterocycles. The van der Waals surface area contributed by atoms with Crippen LogP contribution in [0, 0.1) is 0 Å². The highest BCUT2D eigenvalue weighted by atomic mass is 32.2. The van der Waals surface area contributed by atoms with E-state index in [1.165, 1.54) is 14.2 Å². The lowest BCUT2D eigenvalue weighted by Gasteiger charge is -2.22. The number of fused-ring (bicyclic) bond motifs is 3. The van der Waals surface area contributed by atoms with Crippen LogP contribution in [0.15, 0.2) is 28.9 Å². The number of methoxy groups -OCH3 is 3. The lowest BCUT2D eigenvalue weighted by Crippen LogP contribution is -2.19. The zero-order valence-electron chi connectivity index (χ0n) is 20.3. The Morgan fingerprint density at radius 1 is 0.857 bits per heavy atom. The first kappa shape index (κ1) is 25.2. The van der Waals surface area contributed by atoms with E-state index < -0.39 is 10.0 Å². The summed E-state index contributed by atoms with van der Waals surface area (Å²) in [5.41, 5.74) is 4.02. The first-order valence-corrected chi connectivity index (χ1v) is 13.1. The lowest BCUT2D eigenvalue weighted by molar-refractivity contribution is 0.0472. The zero-order chi connectivity index (χ0) is 25.0. The van der Waals surface area contributed by atoms with Gasteiger partial charge in [-0.05, 0) is 42.9 Å². The number of nitrogens with zero attached hydrogens (tertiary/aromatic N) is 1. The average molecular weight is 507 g/mol. The number of hydrogen-bond donors (Lipinski definition) is 1. The number of hydrogen-bond acceptors (Lipinski definition) is 9. The summed E-state index contributed by atoms with van der Waals surface area (Å²) in [6.07, 6.45) is 4.59. The highest BCUT2D eigenvalue weighted by Crippen LogP contribution is 2.54. The van der Waals surface area contributed by atoms with Crippen molar-refractivity contribution in [3.8, 4) is 17.2 Å². The van der Waals surface area contributed by atoms with E-state index in [2.05, 4.69) is 9.93 Å². The number of ether oxygens (including phenoxy) is 6. The van der Waals surface area contributed by atoms with Gasteiger partial charge in [-0.1, -0.05) is 12.1 Å². The van der Waals surface area contributed by atoms with Crippen molar-refractivity contribution in [1.29, 1.82) is 0 Å². The molecule has 0 unspecified atom stereocenters. The Bertz CT molecular complexity index is 1270. The Kier molecular flexibility index (Phi) is 7.80. The molecule has 0 atom stereocenters. The molecule has 2 aromatic carbocycles. The number of sulfonamides is 1. The van der Waals surface area contributed by atoms with Gasteiger partial charge in [0.15, 0.2) is 20.4 Å². The van der Waals surface area contributed by atoms with E-state index in [0.29, 0.717) is 33.9 Å². The maximum Gasteiger partial charge on any atom is 0.244 e. The van der Waals surface area contributed by atoms with Crippen molar-refractivity contribution in [2.75, 3.05) is 48.0 Å². The molecule has 0 spiro atoms. The monoisotopic (exact) mass is 506 g/mol. The highest BCUT2D eigenvalue weighted by Gasteiger charge is 2.38. The van der Waals surface area contributed by atoms with Gasteiger partial charge in [0.25, 0.3) is 0 Å². The topological polar surface area (TPSA) is 114 Å². The van der Waals surface area contributed by atoms with Gasteiger partial charge in [-0.15, -0.1) is 0 Å². The lowest BCUT2D eigenvalue weighted by atomic mass is 9.90. The molecule has 0 heterocycles. The fourth-order valence-electron chi connectivity index (χ4n) is 4.57. The summed E-state index contributed by atoms with van der Waals surface area (Å²) in [6.45, 7) is 0.0229. The van der Waals surface area contributed by atoms with Crippen molar-refractivity contribution >= 4 is 32.1 Å². The molecule has 0 saturated heterocycles. The number of rotatable bonds is 11. The van der Waals surface area contributed by atoms with Crippen LogP contribution in [0.5, 0.6) is 17.2 Å². The Morgan fingerprint density at radius 2 is 1.49 bits per heavy atom. The maximum absolute atomic E-state index is 11.9. The number of allylic oxidation sites excluding steroid dienone is 2. The van der Waals surface area contributed by atoms with E-state index in [-0.39, 0.29) is 20.4 Å². The van der Waals surface area contributed by atoms with Gasteiger partial charge in [-0.2, -0.15) is 5.10 Å². The molecule has 1 N–H and O–H groups in total. The van der Waals surface area contributed by atoms with Crippen LogP contribution < -0.4 is 19.0 Å². The predicted octanol–water partition coefficient (Wildman–Crippen LogP) is 3.38. The largest absolute Gasteiger partial charge is 0.467 e. The van der Waals surface area contributed by atoms with Crippen LogP contribution in [0.3, 0.4) is 0 Å². The highest BCUT2D eigenvalue weighted by molar-refractivity contribution is 7.88.